The number of ether oxygens (including phenoxy) is 2. The van der Waals surface area contributed by atoms with Crippen LogP contribution in [0.4, 0.5) is 5.69 Å². The van der Waals surface area contributed by atoms with Gasteiger partial charge in [0.25, 0.3) is 5.69 Å². The summed E-state index contributed by atoms with van der Waals surface area (Å²) in [5.74, 6) is -0.386. The number of hydrogen-bond acceptors (Lipinski definition) is 8. The first kappa shape index (κ1) is 20.1. The van der Waals surface area contributed by atoms with Crippen LogP contribution in [0.1, 0.15) is 24.8 Å². The van der Waals surface area contributed by atoms with Gasteiger partial charge >= 0.3 is 11.9 Å². The van der Waals surface area contributed by atoms with Crippen LogP contribution >= 0.6 is 11.8 Å². The highest BCUT2D eigenvalue weighted by atomic mass is 32.2. The normalized spacial score (nSPS) is 23.0. The Labute approximate surface area is 165 Å². The number of carbonyl (C=O) groups is 3. The topological polar surface area (TPSA) is 116 Å². The lowest BCUT2D eigenvalue weighted by Crippen LogP contribution is -2.55. The minimum atomic E-state index is -0.674. The Morgan fingerprint density at radius 2 is 2.04 bits per heavy atom. The lowest BCUT2D eigenvalue weighted by atomic mass is 10.0. The van der Waals surface area contributed by atoms with Crippen molar-refractivity contribution < 1.29 is 28.8 Å². The predicted molar refractivity (Wildman–Crippen MR) is 99.4 cm³/mol. The third kappa shape index (κ3) is 4.27. The molecule has 1 amide bonds. The van der Waals surface area contributed by atoms with Gasteiger partial charge in [0.1, 0.15) is 12.6 Å². The van der Waals surface area contributed by atoms with Crippen LogP contribution in [0.2, 0.25) is 0 Å². The Balaban J connectivity index is 1.59. The van der Waals surface area contributed by atoms with Crippen LogP contribution in [0.5, 0.6) is 0 Å². The van der Waals surface area contributed by atoms with Crippen LogP contribution in [0.15, 0.2) is 24.3 Å². The number of nitrogens with zero attached hydrogens (tertiary/aromatic N) is 2. The average Bonchev–Trinajstić information content (AvgIpc) is 2.98. The summed E-state index contributed by atoms with van der Waals surface area (Å²) in [7, 11) is 1.32. The van der Waals surface area contributed by atoms with Crippen molar-refractivity contribution in [2.45, 2.75) is 43.2 Å². The maximum atomic E-state index is 12.7. The first-order valence-corrected chi connectivity index (χ1v) is 9.85. The number of esters is 2. The zero-order valence-corrected chi connectivity index (χ0v) is 16.1. The molecule has 0 aromatic heterocycles. The molecule has 0 aliphatic carbocycles. The van der Waals surface area contributed by atoms with Crippen LogP contribution in [0, 0.1) is 10.1 Å². The van der Waals surface area contributed by atoms with Crippen molar-refractivity contribution >= 4 is 35.3 Å². The third-order valence-electron chi connectivity index (χ3n) is 4.88. The number of thioether (sulfide) groups is 1. The van der Waals surface area contributed by atoms with Crippen molar-refractivity contribution in [2.75, 3.05) is 12.9 Å². The number of rotatable bonds is 8. The summed E-state index contributed by atoms with van der Waals surface area (Å²) in [5.41, 5.74) is 0.584. The second-order valence-corrected chi connectivity index (χ2v) is 7.95. The molecule has 0 bridgehead atoms. The number of hydrogen-bond donors (Lipinski definition) is 0. The monoisotopic (exact) mass is 408 g/mol. The van der Waals surface area contributed by atoms with Crippen molar-refractivity contribution in [2.24, 2.45) is 0 Å². The molecular weight excluding hydrogens is 388 g/mol. The molecule has 2 saturated heterocycles. The van der Waals surface area contributed by atoms with E-state index in [9.17, 15) is 24.5 Å². The molecule has 3 atom stereocenters. The summed E-state index contributed by atoms with van der Waals surface area (Å²) in [6, 6.07) is 5.12. The number of methoxy groups -OCH3 is 1. The lowest BCUT2D eigenvalue weighted by molar-refractivity contribution is -0.384. The quantitative estimate of drug-likeness (QED) is 0.276. The number of fused-ring (bicyclic) bond motifs is 1. The van der Waals surface area contributed by atoms with Crippen LogP contribution in [-0.4, -0.2) is 57.9 Å². The molecular formula is C18H20N2O7S. The second kappa shape index (κ2) is 8.59. The van der Waals surface area contributed by atoms with E-state index in [1.54, 1.807) is 4.90 Å². The summed E-state index contributed by atoms with van der Waals surface area (Å²) in [6.45, 7) is -0.0282. The fourth-order valence-electron chi connectivity index (χ4n) is 3.43. The number of nitro groups is 1. The van der Waals surface area contributed by atoms with Crippen LogP contribution in [0.25, 0.3) is 0 Å². The maximum absolute atomic E-state index is 12.7. The highest BCUT2D eigenvalue weighted by molar-refractivity contribution is 8.00. The summed E-state index contributed by atoms with van der Waals surface area (Å²) in [6.07, 6.45) is 1.36. The van der Waals surface area contributed by atoms with Crippen LogP contribution < -0.4 is 0 Å². The molecule has 2 aliphatic rings. The average molecular weight is 408 g/mol. The zero-order valence-electron chi connectivity index (χ0n) is 15.2. The van der Waals surface area contributed by atoms with Gasteiger partial charge in [-0.05, 0) is 24.1 Å². The molecule has 0 spiro atoms. The highest BCUT2D eigenvalue weighted by Crippen LogP contribution is 2.41. The first-order valence-electron chi connectivity index (χ1n) is 8.80. The first-order chi connectivity index (χ1) is 13.4. The molecule has 0 radical (unpaired) electrons. The van der Waals surface area contributed by atoms with E-state index >= 15 is 0 Å². The Morgan fingerprint density at radius 3 is 2.64 bits per heavy atom. The van der Waals surface area contributed by atoms with E-state index in [4.69, 9.17) is 4.74 Å². The molecule has 150 valence electrons. The molecule has 2 aliphatic heterocycles. The molecule has 3 rings (SSSR count). The van der Waals surface area contributed by atoms with Gasteiger partial charge in [-0.3, -0.25) is 19.7 Å². The van der Waals surface area contributed by atoms with Crippen molar-refractivity contribution in [1.82, 2.24) is 4.90 Å². The molecule has 10 heteroatoms. The largest absolute Gasteiger partial charge is 0.469 e. The van der Waals surface area contributed by atoms with Gasteiger partial charge in [-0.25, -0.2) is 4.79 Å². The molecule has 0 N–H and O–H groups in total. The number of β-lactam (4-membered cyclic amide) rings is 1. The molecule has 1 aromatic rings. The van der Waals surface area contributed by atoms with E-state index in [1.807, 2.05) is 0 Å². The number of non-ortho nitro benzene ring substituents is 1. The van der Waals surface area contributed by atoms with Crippen LogP contribution in [0.3, 0.4) is 0 Å². The van der Waals surface area contributed by atoms with Gasteiger partial charge in [-0.1, -0.05) is 0 Å². The van der Waals surface area contributed by atoms with Gasteiger partial charge in [0, 0.05) is 35.6 Å². The minimum Gasteiger partial charge on any atom is -0.469 e. The fourth-order valence-corrected chi connectivity index (χ4v) is 4.80. The van der Waals surface area contributed by atoms with Gasteiger partial charge in [0.2, 0.25) is 5.91 Å². The molecule has 1 aromatic carbocycles. The Hall–Kier alpha value is -2.62. The van der Waals surface area contributed by atoms with Gasteiger partial charge in [0.15, 0.2) is 0 Å². The SMILES string of the molecule is COC(=O)CCSC1CC2CC(=O)N2C1C(=O)OCc1ccc([N+](=O)[O-])cc1. The summed E-state index contributed by atoms with van der Waals surface area (Å²) in [5, 5.41) is 10.6. The number of carbonyl (C=O) groups excluding carboxylic acids is 3. The maximum Gasteiger partial charge on any atom is 0.330 e. The van der Waals surface area contributed by atoms with Gasteiger partial charge < -0.3 is 14.4 Å². The van der Waals surface area contributed by atoms with E-state index in [0.717, 1.165) is 0 Å². The number of amides is 1. The second-order valence-electron chi connectivity index (χ2n) is 6.61. The van der Waals surface area contributed by atoms with E-state index < -0.39 is 16.9 Å². The molecule has 28 heavy (non-hydrogen) atoms. The Kier molecular flexibility index (Phi) is 6.18. The van der Waals surface area contributed by atoms with Crippen molar-refractivity contribution in [3.63, 3.8) is 0 Å². The van der Waals surface area contributed by atoms with Gasteiger partial charge in [-0.2, -0.15) is 11.8 Å². The minimum absolute atomic E-state index is 0.0282. The Morgan fingerprint density at radius 1 is 1.32 bits per heavy atom. The van der Waals surface area contributed by atoms with E-state index in [2.05, 4.69) is 4.74 Å². The molecule has 2 heterocycles. The van der Waals surface area contributed by atoms with Crippen molar-refractivity contribution in [3.8, 4) is 0 Å². The van der Waals surface area contributed by atoms with Crippen molar-refractivity contribution in [3.05, 3.63) is 39.9 Å². The molecule has 3 unspecified atom stereocenters. The lowest BCUT2D eigenvalue weighted by Gasteiger charge is -2.37. The van der Waals surface area contributed by atoms with Gasteiger partial charge in [0.05, 0.1) is 18.5 Å². The van der Waals surface area contributed by atoms with E-state index in [-0.39, 0.29) is 41.9 Å². The van der Waals surface area contributed by atoms with Crippen LogP contribution in [-0.2, 0) is 30.5 Å². The number of nitro benzene ring substituents is 1. The van der Waals surface area contributed by atoms with Gasteiger partial charge in [-0.15, -0.1) is 0 Å². The zero-order chi connectivity index (χ0) is 20.3. The number of benzene rings is 1. The summed E-state index contributed by atoms with van der Waals surface area (Å²) in [4.78, 5) is 47.7. The smallest absolute Gasteiger partial charge is 0.330 e. The standard InChI is InChI=1S/C18H20N2O7S/c1-26-16(22)6-7-28-14-8-13-9-15(21)19(13)17(14)18(23)27-10-11-2-4-12(5-3-11)20(24)25/h2-5,13-14,17H,6-10H2,1H3. The molecule has 0 saturated carbocycles. The highest BCUT2D eigenvalue weighted by Gasteiger charge is 2.54. The Bertz CT molecular complexity index is 783. The van der Waals surface area contributed by atoms with E-state index in [1.165, 1.54) is 43.1 Å². The predicted octanol–water partition coefficient (Wildman–Crippen LogP) is 1.68. The fraction of sp³-hybridized carbons (Fsp3) is 0.500. The van der Waals surface area contributed by atoms with E-state index in [0.29, 0.717) is 24.2 Å². The third-order valence-corrected chi connectivity index (χ3v) is 6.20. The van der Waals surface area contributed by atoms with Crippen molar-refractivity contribution in [1.29, 1.82) is 0 Å². The summed E-state index contributed by atoms with van der Waals surface area (Å²) >= 11 is 1.47. The molecule has 9 nitrogen and oxygen atoms in total. The summed E-state index contributed by atoms with van der Waals surface area (Å²) < 4.78 is 10.0. The molecule has 2 fully saturated rings.